The van der Waals surface area contributed by atoms with Gasteiger partial charge in [0.15, 0.2) is 0 Å². The summed E-state index contributed by atoms with van der Waals surface area (Å²) in [5.74, 6) is -0.262. The molecule has 0 amide bonds. The zero-order chi connectivity index (χ0) is 13.2. The molecular weight excluding hydrogens is 256 g/mol. The Morgan fingerprint density at radius 1 is 1.59 bits per heavy atom. The number of nitrogens with two attached hydrogens (primary N) is 1. The van der Waals surface area contributed by atoms with Crippen LogP contribution >= 0.6 is 23.1 Å². The average molecular weight is 274 g/mol. The number of rotatable bonds is 5. The van der Waals surface area contributed by atoms with E-state index in [0.717, 1.165) is 10.7 Å². The summed E-state index contributed by atoms with van der Waals surface area (Å²) in [6.45, 7) is 7.72. The van der Waals surface area contributed by atoms with Crippen molar-refractivity contribution in [2.24, 2.45) is 5.73 Å². The fraction of sp³-hybridized carbons (Fsp3) is 0.636. The zero-order valence-electron chi connectivity index (χ0n) is 10.5. The van der Waals surface area contributed by atoms with E-state index in [2.05, 4.69) is 4.98 Å². The van der Waals surface area contributed by atoms with Crippen molar-refractivity contribution >= 4 is 29.1 Å². The standard InChI is InChI=1S/C11H18N2O2S2/c1-6-7(2)17-8(13-6)5-16-11(3,4)9(12)10(14)15/h9H,5,12H2,1-4H3,(H,14,15)/t9-/m1/s1. The van der Waals surface area contributed by atoms with Gasteiger partial charge in [0.25, 0.3) is 0 Å². The largest absolute Gasteiger partial charge is 0.480 e. The summed E-state index contributed by atoms with van der Waals surface area (Å²) in [5.41, 5.74) is 6.70. The van der Waals surface area contributed by atoms with Crippen LogP contribution in [0.4, 0.5) is 0 Å². The molecule has 0 fully saturated rings. The number of aromatic nitrogens is 1. The minimum absolute atomic E-state index is 0.501. The molecule has 6 heteroatoms. The van der Waals surface area contributed by atoms with Gasteiger partial charge in [0.2, 0.25) is 0 Å². The number of thioether (sulfide) groups is 1. The topological polar surface area (TPSA) is 76.2 Å². The van der Waals surface area contributed by atoms with Gasteiger partial charge in [0, 0.05) is 15.4 Å². The van der Waals surface area contributed by atoms with Gasteiger partial charge in [-0.15, -0.1) is 23.1 Å². The maximum Gasteiger partial charge on any atom is 0.321 e. The second-order valence-electron chi connectivity index (χ2n) is 4.46. The number of thiazole rings is 1. The third kappa shape index (κ3) is 3.69. The van der Waals surface area contributed by atoms with Gasteiger partial charge in [-0.25, -0.2) is 4.98 Å². The van der Waals surface area contributed by atoms with E-state index in [1.807, 2.05) is 27.7 Å². The van der Waals surface area contributed by atoms with Crippen molar-refractivity contribution in [3.8, 4) is 0 Å². The van der Waals surface area contributed by atoms with Crippen LogP contribution in [0.25, 0.3) is 0 Å². The molecule has 0 radical (unpaired) electrons. The van der Waals surface area contributed by atoms with Crippen molar-refractivity contribution in [3.05, 3.63) is 15.6 Å². The molecule has 0 aliphatic rings. The number of nitrogens with zero attached hydrogens (tertiary/aromatic N) is 1. The van der Waals surface area contributed by atoms with Crippen molar-refractivity contribution in [1.29, 1.82) is 0 Å². The molecule has 0 bridgehead atoms. The van der Waals surface area contributed by atoms with Crippen LogP contribution in [0.5, 0.6) is 0 Å². The second kappa shape index (κ2) is 5.37. The average Bonchev–Trinajstić information content (AvgIpc) is 2.54. The first kappa shape index (κ1) is 14.5. The van der Waals surface area contributed by atoms with Gasteiger partial charge in [0.1, 0.15) is 11.0 Å². The number of aliphatic carboxylic acids is 1. The summed E-state index contributed by atoms with van der Waals surface area (Å²) >= 11 is 3.19. The predicted octanol–water partition coefficient (Wildman–Crippen LogP) is 2.18. The lowest BCUT2D eigenvalue weighted by Crippen LogP contribution is -2.46. The normalized spacial score (nSPS) is 13.7. The van der Waals surface area contributed by atoms with Crippen LogP contribution < -0.4 is 5.73 Å². The molecule has 96 valence electrons. The molecule has 3 N–H and O–H groups in total. The molecule has 1 atom stereocenters. The smallest absolute Gasteiger partial charge is 0.321 e. The number of hydrogen-bond acceptors (Lipinski definition) is 5. The molecule has 1 aromatic rings. The van der Waals surface area contributed by atoms with Gasteiger partial charge in [-0.2, -0.15) is 0 Å². The van der Waals surface area contributed by atoms with Crippen LogP contribution in [0, 0.1) is 13.8 Å². The third-order valence-electron chi connectivity index (χ3n) is 2.66. The van der Waals surface area contributed by atoms with Gasteiger partial charge < -0.3 is 10.8 Å². The Morgan fingerprint density at radius 2 is 2.18 bits per heavy atom. The summed E-state index contributed by atoms with van der Waals surface area (Å²) in [6, 6.07) is -0.866. The van der Waals surface area contributed by atoms with E-state index >= 15 is 0 Å². The molecule has 0 aliphatic heterocycles. The lowest BCUT2D eigenvalue weighted by atomic mass is 10.1. The third-order valence-corrected chi connectivity index (χ3v) is 5.33. The van der Waals surface area contributed by atoms with Crippen molar-refractivity contribution in [2.45, 2.75) is 44.2 Å². The minimum atomic E-state index is -0.964. The highest BCUT2D eigenvalue weighted by Gasteiger charge is 2.32. The van der Waals surface area contributed by atoms with E-state index in [4.69, 9.17) is 10.8 Å². The minimum Gasteiger partial charge on any atom is -0.480 e. The molecular formula is C11H18N2O2S2. The van der Waals surface area contributed by atoms with Crippen LogP contribution in [0.3, 0.4) is 0 Å². The van der Waals surface area contributed by atoms with Gasteiger partial charge >= 0.3 is 5.97 Å². The predicted molar refractivity (Wildman–Crippen MR) is 72.6 cm³/mol. The second-order valence-corrected chi connectivity index (χ2v) is 7.37. The summed E-state index contributed by atoms with van der Waals surface area (Å²) in [5, 5.41) is 9.94. The highest BCUT2D eigenvalue weighted by molar-refractivity contribution is 8.00. The molecule has 0 aliphatic carbocycles. The molecule has 0 saturated carbocycles. The Morgan fingerprint density at radius 3 is 2.59 bits per heavy atom. The molecule has 1 aromatic heterocycles. The maximum absolute atomic E-state index is 10.9. The monoisotopic (exact) mass is 274 g/mol. The van der Waals surface area contributed by atoms with Crippen molar-refractivity contribution in [3.63, 3.8) is 0 Å². The van der Waals surface area contributed by atoms with Crippen LogP contribution in [-0.4, -0.2) is 26.8 Å². The first-order valence-corrected chi connectivity index (χ1v) is 7.09. The van der Waals surface area contributed by atoms with E-state index in [-0.39, 0.29) is 0 Å². The molecule has 17 heavy (non-hydrogen) atoms. The quantitative estimate of drug-likeness (QED) is 0.860. The molecule has 4 nitrogen and oxygen atoms in total. The van der Waals surface area contributed by atoms with E-state index in [1.54, 1.807) is 11.3 Å². The van der Waals surface area contributed by atoms with Crippen LogP contribution in [0.15, 0.2) is 0 Å². The Bertz CT molecular complexity index is 396. The van der Waals surface area contributed by atoms with Crippen LogP contribution in [0.1, 0.15) is 29.4 Å². The zero-order valence-corrected chi connectivity index (χ0v) is 12.1. The molecule has 0 aromatic carbocycles. The summed E-state index contributed by atoms with van der Waals surface area (Å²) < 4.78 is -0.501. The number of carboxylic acid groups (broad SMARTS) is 1. The number of carbonyl (C=O) groups is 1. The van der Waals surface area contributed by atoms with E-state index in [1.165, 1.54) is 16.6 Å². The molecule has 0 spiro atoms. The van der Waals surface area contributed by atoms with Crippen LogP contribution in [0.2, 0.25) is 0 Å². The number of carboxylic acids is 1. The summed E-state index contributed by atoms with van der Waals surface area (Å²) in [4.78, 5) is 16.5. The van der Waals surface area contributed by atoms with Gasteiger partial charge in [-0.1, -0.05) is 0 Å². The van der Waals surface area contributed by atoms with Crippen molar-refractivity contribution in [1.82, 2.24) is 4.98 Å². The lowest BCUT2D eigenvalue weighted by molar-refractivity contribution is -0.139. The fourth-order valence-electron chi connectivity index (χ4n) is 1.24. The highest BCUT2D eigenvalue weighted by Crippen LogP contribution is 2.32. The Kier molecular flexibility index (Phi) is 4.57. The lowest BCUT2D eigenvalue weighted by Gasteiger charge is -2.27. The molecule has 0 unspecified atom stereocenters. The fourth-order valence-corrected chi connectivity index (χ4v) is 3.22. The molecule has 1 heterocycles. The SMILES string of the molecule is Cc1nc(CSC(C)(C)[C@H](N)C(=O)O)sc1C. The van der Waals surface area contributed by atoms with Gasteiger partial charge in [-0.3, -0.25) is 4.79 Å². The maximum atomic E-state index is 10.9. The van der Waals surface area contributed by atoms with E-state index in [9.17, 15) is 4.79 Å². The molecule has 1 rings (SSSR count). The van der Waals surface area contributed by atoms with Crippen LogP contribution in [-0.2, 0) is 10.5 Å². The van der Waals surface area contributed by atoms with E-state index < -0.39 is 16.8 Å². The first-order valence-electron chi connectivity index (χ1n) is 5.29. The Labute approximate surface area is 110 Å². The highest BCUT2D eigenvalue weighted by atomic mass is 32.2. The van der Waals surface area contributed by atoms with Crippen molar-refractivity contribution < 1.29 is 9.90 Å². The first-order chi connectivity index (χ1) is 7.74. The Hall–Kier alpha value is -0.590. The van der Waals surface area contributed by atoms with Crippen molar-refractivity contribution in [2.75, 3.05) is 0 Å². The number of hydrogen-bond donors (Lipinski definition) is 2. The summed E-state index contributed by atoms with van der Waals surface area (Å²) in [7, 11) is 0. The Balaban J connectivity index is 2.63. The van der Waals surface area contributed by atoms with Gasteiger partial charge in [0.05, 0.1) is 5.69 Å². The number of aryl methyl sites for hydroxylation is 2. The molecule has 0 saturated heterocycles. The van der Waals surface area contributed by atoms with Gasteiger partial charge in [-0.05, 0) is 27.7 Å². The summed E-state index contributed by atoms with van der Waals surface area (Å²) in [6.07, 6.45) is 0. The van der Waals surface area contributed by atoms with E-state index in [0.29, 0.717) is 5.75 Å².